The standard InChI is InChI=1S/C23H21ClF6N2O2/c1-14-3-8-19(31-13-14)17-11-21(23(28,29)30,32-20(33)18(17)12-24)15-4-6-16(7-5-15)34-10-2-9-22(25,26)27/h3-8,13H,2,9-12H2,1H3,(H,32,33)/t21-/m0/s1. The number of nitrogens with one attached hydrogen (secondary N) is 1. The average Bonchev–Trinajstić information content (AvgIpc) is 2.75. The van der Waals surface area contributed by atoms with Crippen LogP contribution < -0.4 is 10.1 Å². The lowest BCUT2D eigenvalue weighted by molar-refractivity contribution is -0.201. The van der Waals surface area contributed by atoms with Crippen LogP contribution in [0.4, 0.5) is 26.3 Å². The molecule has 0 unspecified atom stereocenters. The lowest BCUT2D eigenvalue weighted by Gasteiger charge is -2.41. The smallest absolute Gasteiger partial charge is 0.416 e. The van der Waals surface area contributed by atoms with Gasteiger partial charge in [0.05, 0.1) is 18.2 Å². The summed E-state index contributed by atoms with van der Waals surface area (Å²) in [5.41, 5.74) is -1.91. The number of nitrogens with zero attached hydrogens (tertiary/aromatic N) is 1. The maximum Gasteiger partial charge on any atom is 0.416 e. The van der Waals surface area contributed by atoms with Crippen molar-refractivity contribution in [3.8, 4) is 5.75 Å². The molecule has 4 nitrogen and oxygen atoms in total. The summed E-state index contributed by atoms with van der Waals surface area (Å²) in [7, 11) is 0. The van der Waals surface area contributed by atoms with Gasteiger partial charge >= 0.3 is 12.4 Å². The Morgan fingerprint density at radius 2 is 1.76 bits per heavy atom. The zero-order valence-corrected chi connectivity index (χ0v) is 18.7. The molecule has 3 rings (SSSR count). The number of ether oxygens (including phenoxy) is 1. The summed E-state index contributed by atoms with van der Waals surface area (Å²) in [5, 5.41) is 2.09. The third-order valence-electron chi connectivity index (χ3n) is 5.47. The van der Waals surface area contributed by atoms with Gasteiger partial charge in [-0.3, -0.25) is 9.78 Å². The Bertz CT molecular complexity index is 1050. The Hall–Kier alpha value is -2.75. The fourth-order valence-corrected chi connectivity index (χ4v) is 3.95. The fraction of sp³-hybridized carbons (Fsp3) is 0.391. The van der Waals surface area contributed by atoms with Crippen LogP contribution in [0.25, 0.3) is 5.57 Å². The fourth-order valence-electron chi connectivity index (χ4n) is 3.66. The molecule has 2 aromatic rings. The molecule has 0 saturated heterocycles. The molecule has 34 heavy (non-hydrogen) atoms. The molecule has 1 amide bonds. The zero-order valence-electron chi connectivity index (χ0n) is 18.0. The van der Waals surface area contributed by atoms with Crippen LogP contribution in [0.1, 0.15) is 36.1 Å². The van der Waals surface area contributed by atoms with E-state index in [9.17, 15) is 31.1 Å². The number of benzene rings is 1. The molecular formula is C23H21ClF6N2O2. The lowest BCUT2D eigenvalue weighted by Crippen LogP contribution is -2.58. The second kappa shape index (κ2) is 9.85. The number of pyridine rings is 1. The highest BCUT2D eigenvalue weighted by molar-refractivity contribution is 6.24. The monoisotopic (exact) mass is 506 g/mol. The van der Waals surface area contributed by atoms with Crippen molar-refractivity contribution in [3.05, 3.63) is 65.0 Å². The van der Waals surface area contributed by atoms with Crippen LogP contribution >= 0.6 is 11.6 Å². The second-order valence-corrected chi connectivity index (χ2v) is 8.20. The first-order chi connectivity index (χ1) is 15.9. The molecule has 0 radical (unpaired) electrons. The Kier molecular flexibility index (Phi) is 7.50. The molecule has 0 aliphatic carbocycles. The number of carbonyl (C=O) groups excluding carboxylic acids is 1. The number of amides is 1. The van der Waals surface area contributed by atoms with Crippen LogP contribution in [0.2, 0.25) is 0 Å². The van der Waals surface area contributed by atoms with Gasteiger partial charge in [-0.1, -0.05) is 18.2 Å². The summed E-state index contributed by atoms with van der Waals surface area (Å²) in [5.74, 6) is -1.14. The van der Waals surface area contributed by atoms with Gasteiger partial charge in [0.15, 0.2) is 5.54 Å². The van der Waals surface area contributed by atoms with Gasteiger partial charge in [-0.25, -0.2) is 0 Å². The summed E-state index contributed by atoms with van der Waals surface area (Å²) in [6, 6.07) is 7.94. The quantitative estimate of drug-likeness (QED) is 0.281. The summed E-state index contributed by atoms with van der Waals surface area (Å²) in [4.78, 5) is 16.9. The molecule has 1 aliphatic heterocycles. The van der Waals surface area contributed by atoms with Crippen LogP contribution in [0.5, 0.6) is 5.75 Å². The largest absolute Gasteiger partial charge is 0.494 e. The minimum Gasteiger partial charge on any atom is -0.494 e. The van der Waals surface area contributed by atoms with Crippen LogP contribution in [-0.2, 0) is 10.3 Å². The topological polar surface area (TPSA) is 51.2 Å². The molecule has 0 saturated carbocycles. The Morgan fingerprint density at radius 1 is 1.09 bits per heavy atom. The molecule has 0 bridgehead atoms. The second-order valence-electron chi connectivity index (χ2n) is 7.94. The normalized spacial score (nSPS) is 19.2. The van der Waals surface area contributed by atoms with Gasteiger partial charge in [0.25, 0.3) is 0 Å². The first-order valence-corrected chi connectivity index (χ1v) is 10.8. The van der Waals surface area contributed by atoms with E-state index in [-0.39, 0.29) is 47.1 Å². The van der Waals surface area contributed by atoms with Crippen LogP contribution in [0.3, 0.4) is 0 Å². The van der Waals surface area contributed by atoms with E-state index in [0.29, 0.717) is 0 Å². The van der Waals surface area contributed by atoms with Gasteiger partial charge in [0.2, 0.25) is 5.91 Å². The van der Waals surface area contributed by atoms with Crippen molar-refractivity contribution < 1.29 is 35.9 Å². The van der Waals surface area contributed by atoms with Crippen molar-refractivity contribution >= 4 is 23.1 Å². The predicted molar refractivity (Wildman–Crippen MR) is 114 cm³/mol. The molecule has 1 aromatic carbocycles. The van der Waals surface area contributed by atoms with Gasteiger partial charge < -0.3 is 10.1 Å². The Morgan fingerprint density at radius 3 is 2.29 bits per heavy atom. The van der Waals surface area contributed by atoms with Crippen molar-refractivity contribution in [2.75, 3.05) is 12.5 Å². The summed E-state index contributed by atoms with van der Waals surface area (Å²) in [6.45, 7) is 1.53. The molecule has 11 heteroatoms. The average molecular weight is 507 g/mol. The number of hydrogen-bond acceptors (Lipinski definition) is 3. The molecule has 184 valence electrons. The molecule has 1 N–H and O–H groups in total. The SMILES string of the molecule is Cc1ccc(C2=C(CCl)C(=O)N[C@@](c3ccc(OCCCC(F)(F)F)cc3)(C(F)(F)F)C2)nc1. The lowest BCUT2D eigenvalue weighted by atomic mass is 9.77. The third kappa shape index (κ3) is 5.65. The molecule has 1 aromatic heterocycles. The van der Waals surface area contributed by atoms with Crippen molar-refractivity contribution in [1.82, 2.24) is 10.3 Å². The number of aromatic nitrogens is 1. The molecule has 0 spiro atoms. The highest BCUT2D eigenvalue weighted by atomic mass is 35.5. The van der Waals surface area contributed by atoms with Crippen molar-refractivity contribution in [2.45, 2.75) is 44.1 Å². The molecule has 0 fully saturated rings. The van der Waals surface area contributed by atoms with E-state index in [0.717, 1.165) is 17.7 Å². The van der Waals surface area contributed by atoms with Gasteiger partial charge in [-0.15, -0.1) is 11.6 Å². The highest BCUT2D eigenvalue weighted by Crippen LogP contribution is 2.48. The van der Waals surface area contributed by atoms with Crippen LogP contribution in [-0.4, -0.2) is 35.7 Å². The highest BCUT2D eigenvalue weighted by Gasteiger charge is 2.59. The minimum atomic E-state index is -4.88. The molecular weight excluding hydrogens is 486 g/mol. The van der Waals surface area contributed by atoms with Crippen molar-refractivity contribution in [3.63, 3.8) is 0 Å². The van der Waals surface area contributed by atoms with E-state index in [1.165, 1.54) is 24.4 Å². The van der Waals surface area contributed by atoms with E-state index in [1.54, 1.807) is 13.0 Å². The number of hydrogen-bond donors (Lipinski definition) is 1. The van der Waals surface area contributed by atoms with E-state index >= 15 is 0 Å². The van der Waals surface area contributed by atoms with Crippen LogP contribution in [0, 0.1) is 6.92 Å². The summed E-state index contributed by atoms with van der Waals surface area (Å²) in [6.07, 6.45) is -9.66. The van der Waals surface area contributed by atoms with E-state index in [1.807, 2.05) is 0 Å². The molecule has 1 aliphatic rings. The Balaban J connectivity index is 1.92. The first-order valence-electron chi connectivity index (χ1n) is 10.3. The van der Waals surface area contributed by atoms with E-state index in [4.69, 9.17) is 16.3 Å². The number of carbonyl (C=O) groups is 1. The molecule has 1 atom stereocenters. The van der Waals surface area contributed by atoms with Gasteiger partial charge in [-0.2, -0.15) is 26.3 Å². The van der Waals surface area contributed by atoms with Gasteiger partial charge in [0, 0.05) is 24.6 Å². The predicted octanol–water partition coefficient (Wildman–Crippen LogP) is 6.08. The number of alkyl halides is 7. The number of rotatable bonds is 7. The summed E-state index contributed by atoms with van der Waals surface area (Å²) < 4.78 is 85.4. The van der Waals surface area contributed by atoms with Crippen molar-refractivity contribution in [2.24, 2.45) is 0 Å². The van der Waals surface area contributed by atoms with E-state index in [2.05, 4.69) is 10.3 Å². The van der Waals surface area contributed by atoms with Gasteiger partial charge in [0.1, 0.15) is 5.75 Å². The third-order valence-corrected chi connectivity index (χ3v) is 5.73. The number of halogens is 7. The maximum absolute atomic E-state index is 14.5. The maximum atomic E-state index is 14.5. The van der Waals surface area contributed by atoms with Gasteiger partial charge in [-0.05, 0) is 48.2 Å². The first kappa shape index (κ1) is 25.9. The van der Waals surface area contributed by atoms with E-state index < -0.39 is 36.6 Å². The minimum absolute atomic E-state index is 0.00233. The van der Waals surface area contributed by atoms with Crippen LogP contribution in [0.15, 0.2) is 48.2 Å². The van der Waals surface area contributed by atoms with Crippen molar-refractivity contribution in [1.29, 1.82) is 0 Å². The number of aryl methyl sites for hydroxylation is 1. The summed E-state index contributed by atoms with van der Waals surface area (Å²) >= 11 is 5.90. The molecule has 2 heterocycles. The Labute approximate surface area is 197 Å². The zero-order chi connectivity index (χ0) is 25.1.